The Kier molecular flexibility index (Phi) is 13.9. The van der Waals surface area contributed by atoms with Crippen molar-refractivity contribution in [2.24, 2.45) is 0 Å². The van der Waals surface area contributed by atoms with Gasteiger partial charge in [0.1, 0.15) is 6.61 Å². The van der Waals surface area contributed by atoms with Crippen molar-refractivity contribution >= 4 is 5.97 Å². The lowest BCUT2D eigenvalue weighted by atomic mass is 10.3. The Morgan fingerprint density at radius 1 is 1.64 bits per heavy atom. The van der Waals surface area contributed by atoms with Gasteiger partial charge in [0.2, 0.25) is 0 Å². The van der Waals surface area contributed by atoms with Crippen molar-refractivity contribution in [1.82, 2.24) is 0 Å². The second-order valence-electron chi connectivity index (χ2n) is 1.98. The minimum atomic E-state index is -1.19. The summed E-state index contributed by atoms with van der Waals surface area (Å²) in [7, 11) is 0. The molecule has 0 aliphatic heterocycles. The van der Waals surface area contributed by atoms with E-state index in [2.05, 4.69) is 13.5 Å². The molecule has 0 amide bonds. The summed E-state index contributed by atoms with van der Waals surface area (Å²) in [6, 6.07) is 0. The number of carboxylic acid groups (broad SMARTS) is 1. The number of aliphatic hydroxyl groups is 1. The zero-order valence-electron chi connectivity index (χ0n) is 6.92. The fraction of sp³-hybridized carbons (Fsp3) is 0.625. The third-order valence-electron chi connectivity index (χ3n) is 0.897. The second-order valence-corrected chi connectivity index (χ2v) is 1.98. The molecular weight excluding hydrogens is 144 g/mol. The van der Waals surface area contributed by atoms with Gasteiger partial charge in [-0.15, -0.1) is 6.58 Å². The van der Waals surface area contributed by atoms with Crippen LogP contribution in [0.15, 0.2) is 12.7 Å². The lowest BCUT2D eigenvalue weighted by molar-refractivity contribution is -0.140. The van der Waals surface area contributed by atoms with Gasteiger partial charge >= 0.3 is 5.97 Å². The molecule has 0 aromatic carbocycles. The molecule has 0 radical (unpaired) electrons. The van der Waals surface area contributed by atoms with Crippen LogP contribution in [0.3, 0.4) is 0 Å². The largest absolute Gasteiger partial charge is 0.480 e. The van der Waals surface area contributed by atoms with E-state index in [1.165, 1.54) is 19.3 Å². The van der Waals surface area contributed by atoms with Gasteiger partial charge in [0.15, 0.2) is 0 Å². The van der Waals surface area contributed by atoms with Gasteiger partial charge in [-0.25, -0.2) is 4.79 Å². The zero-order valence-corrected chi connectivity index (χ0v) is 6.92. The molecule has 0 spiro atoms. The van der Waals surface area contributed by atoms with Crippen molar-refractivity contribution in [3.8, 4) is 0 Å². The summed E-state index contributed by atoms with van der Waals surface area (Å²) in [5.41, 5.74) is 0. The van der Waals surface area contributed by atoms with Gasteiger partial charge in [-0.2, -0.15) is 0 Å². The number of hydrogen-bond acceptors (Lipinski definition) is 2. The van der Waals surface area contributed by atoms with E-state index in [0.717, 1.165) is 0 Å². The first-order valence-corrected chi connectivity index (χ1v) is 3.62. The van der Waals surface area contributed by atoms with E-state index in [0.29, 0.717) is 0 Å². The Hall–Kier alpha value is -0.830. The van der Waals surface area contributed by atoms with Crippen LogP contribution >= 0.6 is 0 Å². The fourth-order valence-corrected chi connectivity index (χ4v) is 0.348. The van der Waals surface area contributed by atoms with Crippen LogP contribution in [0.2, 0.25) is 0 Å². The maximum atomic E-state index is 9.12. The maximum Gasteiger partial charge on any atom is 0.329 e. The molecule has 2 N–H and O–H groups in total. The smallest absolute Gasteiger partial charge is 0.329 e. The topological polar surface area (TPSA) is 57.5 Å². The van der Waals surface area contributed by atoms with Gasteiger partial charge in [0, 0.05) is 0 Å². The molecule has 0 bridgehead atoms. The molecule has 66 valence electrons. The van der Waals surface area contributed by atoms with Crippen molar-refractivity contribution in [2.75, 3.05) is 6.61 Å². The van der Waals surface area contributed by atoms with E-state index >= 15 is 0 Å². The van der Waals surface area contributed by atoms with E-state index in [4.69, 9.17) is 15.0 Å². The molecular formula is C8H16O3. The molecule has 11 heavy (non-hydrogen) atoms. The summed E-state index contributed by atoms with van der Waals surface area (Å²) in [6.07, 6.45) is 5.72. The Morgan fingerprint density at radius 3 is 2.18 bits per heavy atom. The van der Waals surface area contributed by atoms with Gasteiger partial charge < -0.3 is 10.2 Å². The van der Waals surface area contributed by atoms with Crippen molar-refractivity contribution in [3.63, 3.8) is 0 Å². The maximum absolute atomic E-state index is 9.12. The Balaban J connectivity index is 0. The summed E-state index contributed by atoms with van der Waals surface area (Å²) < 4.78 is 0. The van der Waals surface area contributed by atoms with Crippen molar-refractivity contribution in [3.05, 3.63) is 12.7 Å². The Morgan fingerprint density at radius 2 is 2.09 bits per heavy atom. The first-order chi connectivity index (χ1) is 5.18. The van der Waals surface area contributed by atoms with Crippen LogP contribution in [0.1, 0.15) is 26.2 Å². The van der Waals surface area contributed by atoms with Gasteiger partial charge in [0.25, 0.3) is 0 Å². The number of unbranched alkanes of at least 4 members (excludes halogenated alkanes) is 2. The summed E-state index contributed by atoms with van der Waals surface area (Å²) >= 11 is 0. The number of rotatable bonds is 4. The predicted molar refractivity (Wildman–Crippen MR) is 44.4 cm³/mol. The van der Waals surface area contributed by atoms with E-state index in [1.807, 2.05) is 6.08 Å². The molecule has 0 rings (SSSR count). The lowest BCUT2D eigenvalue weighted by Gasteiger charge is -1.81. The minimum absolute atomic E-state index is 0.778. The molecule has 0 saturated carbocycles. The van der Waals surface area contributed by atoms with Crippen molar-refractivity contribution in [1.29, 1.82) is 0 Å². The quantitative estimate of drug-likeness (QED) is 0.483. The normalized spacial score (nSPS) is 7.82. The highest BCUT2D eigenvalue weighted by Gasteiger charge is 1.82. The van der Waals surface area contributed by atoms with Crippen molar-refractivity contribution in [2.45, 2.75) is 26.2 Å². The lowest BCUT2D eigenvalue weighted by Crippen LogP contribution is -1.98. The molecule has 0 aliphatic carbocycles. The molecule has 0 aliphatic rings. The summed E-state index contributed by atoms with van der Waals surface area (Å²) in [6.45, 7) is 5.00. The van der Waals surface area contributed by atoms with Gasteiger partial charge in [-0.05, 0) is 6.42 Å². The first kappa shape index (κ1) is 12.8. The summed E-state index contributed by atoms with van der Waals surface area (Å²) in [5, 5.41) is 15.0. The average Bonchev–Trinajstić information content (AvgIpc) is 2.02. The Labute approximate surface area is 67.4 Å². The number of carbonyl (C=O) groups is 1. The zero-order chi connectivity index (χ0) is 9.11. The molecule has 0 heterocycles. The average molecular weight is 160 g/mol. The van der Waals surface area contributed by atoms with Crippen LogP contribution in [0.5, 0.6) is 0 Å². The van der Waals surface area contributed by atoms with Gasteiger partial charge in [0.05, 0.1) is 0 Å². The fourth-order valence-electron chi connectivity index (χ4n) is 0.348. The minimum Gasteiger partial charge on any atom is -0.480 e. The number of allylic oxidation sites excluding steroid dienone is 1. The molecule has 0 atom stereocenters. The monoisotopic (exact) mass is 160 g/mol. The number of aliphatic hydroxyl groups excluding tert-OH is 1. The Bertz CT molecular complexity index is 99.5. The van der Waals surface area contributed by atoms with Crippen LogP contribution in [0.4, 0.5) is 0 Å². The second kappa shape index (κ2) is 11.9. The summed E-state index contributed by atoms with van der Waals surface area (Å²) in [5.74, 6) is -1.19. The molecule has 0 aromatic rings. The standard InChI is InChI=1S/C6H12.C2H4O3/c1-3-5-6-4-2;3-1-2(4)5/h3H,1,4-6H2,2H3;3H,1H2,(H,4,5). The summed E-state index contributed by atoms with van der Waals surface area (Å²) in [4.78, 5) is 9.12. The predicted octanol–water partition coefficient (Wildman–Crippen LogP) is 1.43. The highest BCUT2D eigenvalue weighted by molar-refractivity contribution is 5.67. The third kappa shape index (κ3) is 27.1. The van der Waals surface area contributed by atoms with E-state index in [-0.39, 0.29) is 0 Å². The highest BCUT2D eigenvalue weighted by Crippen LogP contribution is 1.91. The molecule has 0 aromatic heterocycles. The highest BCUT2D eigenvalue weighted by atomic mass is 16.4. The van der Waals surface area contributed by atoms with Crippen LogP contribution in [0.25, 0.3) is 0 Å². The van der Waals surface area contributed by atoms with Gasteiger partial charge in [-0.3, -0.25) is 0 Å². The van der Waals surface area contributed by atoms with Crippen LogP contribution in [0, 0.1) is 0 Å². The number of aliphatic carboxylic acids is 1. The first-order valence-electron chi connectivity index (χ1n) is 3.62. The third-order valence-corrected chi connectivity index (χ3v) is 0.897. The van der Waals surface area contributed by atoms with Gasteiger partial charge in [-0.1, -0.05) is 25.8 Å². The molecule has 0 saturated heterocycles. The molecule has 3 nitrogen and oxygen atoms in total. The SMILES string of the molecule is C=CCCCC.O=C(O)CO. The van der Waals surface area contributed by atoms with E-state index in [1.54, 1.807) is 0 Å². The molecule has 0 fully saturated rings. The van der Waals surface area contributed by atoms with Crippen LogP contribution < -0.4 is 0 Å². The van der Waals surface area contributed by atoms with Crippen LogP contribution in [-0.2, 0) is 4.79 Å². The van der Waals surface area contributed by atoms with E-state index in [9.17, 15) is 0 Å². The number of carboxylic acids is 1. The van der Waals surface area contributed by atoms with Crippen molar-refractivity contribution < 1.29 is 15.0 Å². The molecule has 0 unspecified atom stereocenters. The van der Waals surface area contributed by atoms with E-state index < -0.39 is 12.6 Å². The van der Waals surface area contributed by atoms with Crippen LogP contribution in [-0.4, -0.2) is 22.8 Å². The number of hydrogen-bond donors (Lipinski definition) is 2. The molecule has 3 heteroatoms.